The van der Waals surface area contributed by atoms with E-state index in [0.29, 0.717) is 12.2 Å². The Morgan fingerprint density at radius 1 is 1.00 bits per heavy atom. The lowest BCUT2D eigenvalue weighted by atomic mass is 10.2. The number of hydrogen-bond donors (Lipinski definition) is 0. The summed E-state index contributed by atoms with van der Waals surface area (Å²) >= 11 is 0. The predicted octanol–water partition coefficient (Wildman–Crippen LogP) is 3.15. The van der Waals surface area contributed by atoms with Crippen LogP contribution < -0.4 is 4.90 Å². The highest BCUT2D eigenvalue weighted by atomic mass is 16.5. The van der Waals surface area contributed by atoms with Gasteiger partial charge >= 0.3 is 5.97 Å². The normalized spacial score (nSPS) is 10.1. The van der Waals surface area contributed by atoms with Crippen molar-refractivity contribution in [1.82, 2.24) is 0 Å². The van der Waals surface area contributed by atoms with E-state index in [2.05, 4.69) is 0 Å². The molecule has 104 valence electrons. The average molecular weight is 269 g/mol. The Bertz CT molecular complexity index is 547. The minimum absolute atomic E-state index is 0.272. The van der Waals surface area contributed by atoms with Crippen LogP contribution in [0.3, 0.4) is 0 Å². The summed E-state index contributed by atoms with van der Waals surface area (Å²) in [4.78, 5) is 13.9. The molecule has 0 bridgehead atoms. The van der Waals surface area contributed by atoms with E-state index in [9.17, 15) is 4.79 Å². The minimum Gasteiger partial charge on any atom is -0.462 e. The van der Waals surface area contributed by atoms with E-state index in [1.165, 1.54) is 5.56 Å². The van der Waals surface area contributed by atoms with Crippen molar-refractivity contribution < 1.29 is 9.53 Å². The van der Waals surface area contributed by atoms with Crippen molar-refractivity contribution in [3.63, 3.8) is 0 Å². The molecule has 0 aliphatic rings. The summed E-state index contributed by atoms with van der Waals surface area (Å²) in [6.45, 7) is 0.401. The Balaban J connectivity index is 1.85. The van der Waals surface area contributed by atoms with Gasteiger partial charge in [0, 0.05) is 26.2 Å². The third kappa shape index (κ3) is 3.85. The summed E-state index contributed by atoms with van der Waals surface area (Å²) < 4.78 is 5.28. The highest BCUT2D eigenvalue weighted by Gasteiger charge is 2.07. The summed E-state index contributed by atoms with van der Waals surface area (Å²) in [6, 6.07) is 17.4. The van der Waals surface area contributed by atoms with Crippen LogP contribution in [0.15, 0.2) is 54.6 Å². The second-order valence-electron chi connectivity index (χ2n) is 4.81. The molecule has 2 rings (SSSR count). The molecular weight excluding hydrogens is 250 g/mol. The molecule has 0 aliphatic heterocycles. The van der Waals surface area contributed by atoms with E-state index in [1.807, 2.05) is 61.5 Å². The lowest BCUT2D eigenvalue weighted by Gasteiger charge is -2.12. The molecule has 2 aromatic rings. The molecule has 3 heteroatoms. The van der Waals surface area contributed by atoms with Crippen LogP contribution >= 0.6 is 0 Å². The first-order valence-electron chi connectivity index (χ1n) is 6.65. The summed E-state index contributed by atoms with van der Waals surface area (Å²) in [5.74, 6) is -0.272. The molecule has 0 amide bonds. The smallest absolute Gasteiger partial charge is 0.338 e. The molecule has 0 fully saturated rings. The highest BCUT2D eigenvalue weighted by Crippen LogP contribution is 2.13. The number of nitrogens with zero attached hydrogens (tertiary/aromatic N) is 1. The lowest BCUT2D eigenvalue weighted by molar-refractivity contribution is 0.0509. The van der Waals surface area contributed by atoms with E-state index < -0.39 is 0 Å². The molecule has 20 heavy (non-hydrogen) atoms. The SMILES string of the molecule is CN(C)c1ccc(C(=O)OCCc2ccccc2)cc1. The second-order valence-corrected chi connectivity index (χ2v) is 4.81. The number of anilines is 1. The number of ether oxygens (including phenoxy) is 1. The van der Waals surface area contributed by atoms with Crippen LogP contribution in [0.2, 0.25) is 0 Å². The maximum Gasteiger partial charge on any atom is 0.338 e. The largest absolute Gasteiger partial charge is 0.462 e. The van der Waals surface area contributed by atoms with Crippen molar-refractivity contribution in [3.8, 4) is 0 Å². The van der Waals surface area contributed by atoms with Gasteiger partial charge in [-0.1, -0.05) is 30.3 Å². The molecule has 0 saturated carbocycles. The molecule has 0 aromatic heterocycles. The minimum atomic E-state index is -0.272. The molecule has 0 N–H and O–H groups in total. The van der Waals surface area contributed by atoms with Crippen molar-refractivity contribution >= 4 is 11.7 Å². The Morgan fingerprint density at radius 2 is 1.65 bits per heavy atom. The van der Waals surface area contributed by atoms with Gasteiger partial charge in [-0.25, -0.2) is 4.79 Å². The fourth-order valence-corrected chi connectivity index (χ4v) is 1.89. The van der Waals surface area contributed by atoms with Crippen molar-refractivity contribution in [1.29, 1.82) is 0 Å². The van der Waals surface area contributed by atoms with Gasteiger partial charge in [0.05, 0.1) is 12.2 Å². The van der Waals surface area contributed by atoms with Crippen molar-refractivity contribution in [2.24, 2.45) is 0 Å². The van der Waals surface area contributed by atoms with E-state index in [-0.39, 0.29) is 5.97 Å². The van der Waals surface area contributed by atoms with Crippen molar-refractivity contribution in [2.75, 3.05) is 25.6 Å². The molecule has 0 radical (unpaired) electrons. The number of rotatable bonds is 5. The fourth-order valence-electron chi connectivity index (χ4n) is 1.89. The van der Waals surface area contributed by atoms with Crippen LogP contribution in [0, 0.1) is 0 Å². The number of esters is 1. The van der Waals surface area contributed by atoms with Gasteiger partial charge in [-0.2, -0.15) is 0 Å². The Hall–Kier alpha value is -2.29. The first-order chi connectivity index (χ1) is 9.66. The second kappa shape index (κ2) is 6.75. The molecule has 0 unspecified atom stereocenters. The highest BCUT2D eigenvalue weighted by molar-refractivity contribution is 5.89. The van der Waals surface area contributed by atoms with Crippen LogP contribution in [0.25, 0.3) is 0 Å². The predicted molar refractivity (Wildman–Crippen MR) is 81.2 cm³/mol. The van der Waals surface area contributed by atoms with Crippen LogP contribution in [-0.2, 0) is 11.2 Å². The van der Waals surface area contributed by atoms with Gasteiger partial charge in [-0.15, -0.1) is 0 Å². The molecule has 2 aromatic carbocycles. The molecular formula is C17H19NO2. The van der Waals surface area contributed by atoms with Crippen LogP contribution in [-0.4, -0.2) is 26.7 Å². The zero-order chi connectivity index (χ0) is 14.4. The summed E-state index contributed by atoms with van der Waals surface area (Å²) in [6.07, 6.45) is 0.738. The lowest BCUT2D eigenvalue weighted by Crippen LogP contribution is -2.10. The van der Waals surface area contributed by atoms with E-state index in [4.69, 9.17) is 4.74 Å². The molecule has 3 nitrogen and oxygen atoms in total. The molecule has 0 heterocycles. The molecule has 0 spiro atoms. The van der Waals surface area contributed by atoms with Gasteiger partial charge in [0.2, 0.25) is 0 Å². The topological polar surface area (TPSA) is 29.5 Å². The zero-order valence-electron chi connectivity index (χ0n) is 11.9. The first-order valence-corrected chi connectivity index (χ1v) is 6.65. The van der Waals surface area contributed by atoms with Gasteiger partial charge < -0.3 is 9.64 Å². The monoisotopic (exact) mass is 269 g/mol. The number of carbonyl (C=O) groups is 1. The third-order valence-electron chi connectivity index (χ3n) is 3.09. The summed E-state index contributed by atoms with van der Waals surface area (Å²) in [5.41, 5.74) is 2.82. The Morgan fingerprint density at radius 3 is 2.25 bits per heavy atom. The van der Waals surface area contributed by atoms with Crippen LogP contribution in [0.1, 0.15) is 15.9 Å². The van der Waals surface area contributed by atoms with E-state index in [1.54, 1.807) is 12.1 Å². The molecule has 0 atom stereocenters. The first kappa shape index (κ1) is 14.1. The molecule has 0 saturated heterocycles. The molecule has 0 aliphatic carbocycles. The zero-order valence-corrected chi connectivity index (χ0v) is 11.9. The van der Waals surface area contributed by atoms with Gasteiger partial charge in [0.1, 0.15) is 0 Å². The number of hydrogen-bond acceptors (Lipinski definition) is 3. The van der Waals surface area contributed by atoms with Crippen molar-refractivity contribution in [3.05, 3.63) is 65.7 Å². The van der Waals surface area contributed by atoms with Crippen LogP contribution in [0.5, 0.6) is 0 Å². The summed E-state index contributed by atoms with van der Waals surface area (Å²) in [5, 5.41) is 0. The fraction of sp³-hybridized carbons (Fsp3) is 0.235. The Kier molecular flexibility index (Phi) is 4.77. The number of benzene rings is 2. The summed E-state index contributed by atoms with van der Waals surface area (Å²) in [7, 11) is 3.93. The van der Waals surface area contributed by atoms with E-state index in [0.717, 1.165) is 12.1 Å². The van der Waals surface area contributed by atoms with Gasteiger partial charge in [-0.3, -0.25) is 0 Å². The average Bonchev–Trinajstić information content (AvgIpc) is 2.48. The van der Waals surface area contributed by atoms with Gasteiger partial charge in [0.15, 0.2) is 0 Å². The maximum atomic E-state index is 11.9. The third-order valence-corrected chi connectivity index (χ3v) is 3.09. The number of carbonyl (C=O) groups excluding carboxylic acids is 1. The quantitative estimate of drug-likeness (QED) is 0.781. The van der Waals surface area contributed by atoms with Crippen LogP contribution in [0.4, 0.5) is 5.69 Å². The Labute approximate surface area is 119 Å². The maximum absolute atomic E-state index is 11.9. The standard InChI is InChI=1S/C17H19NO2/c1-18(2)16-10-8-15(9-11-16)17(19)20-13-12-14-6-4-3-5-7-14/h3-11H,12-13H2,1-2H3. The van der Waals surface area contributed by atoms with Gasteiger partial charge in [-0.05, 0) is 29.8 Å². The van der Waals surface area contributed by atoms with Crippen molar-refractivity contribution in [2.45, 2.75) is 6.42 Å². The van der Waals surface area contributed by atoms with E-state index >= 15 is 0 Å². The van der Waals surface area contributed by atoms with Gasteiger partial charge in [0.25, 0.3) is 0 Å².